The van der Waals surface area contributed by atoms with E-state index in [4.69, 9.17) is 16.7 Å². The van der Waals surface area contributed by atoms with Crippen molar-refractivity contribution in [3.63, 3.8) is 0 Å². The molecule has 0 spiro atoms. The minimum Gasteiger partial charge on any atom is -0.370 e. The molecule has 0 unspecified atom stereocenters. The van der Waals surface area contributed by atoms with Crippen molar-refractivity contribution in [1.82, 2.24) is 5.06 Å². The second-order valence-corrected chi connectivity index (χ2v) is 2.92. The molecule has 0 radical (unpaired) electrons. The monoisotopic (exact) mass is 188 g/mol. The highest BCUT2D eigenvalue weighted by atomic mass is 16.5. The molecule has 76 valence electrons. The standard InChI is InChI=1S/C7H16N4O2/c1-5(2)6(12)11(13)4-3-10-7(8)9/h5,13H,3-4H2,1-2H3,(H4,8,9,10). The van der Waals surface area contributed by atoms with E-state index in [1.54, 1.807) is 13.8 Å². The molecule has 1 amide bonds. The van der Waals surface area contributed by atoms with Crippen molar-refractivity contribution in [2.75, 3.05) is 13.1 Å². The van der Waals surface area contributed by atoms with E-state index in [-0.39, 0.29) is 30.9 Å². The number of carbonyl (C=O) groups excluding carboxylic acids is 1. The first-order valence-electron chi connectivity index (χ1n) is 4.00. The summed E-state index contributed by atoms with van der Waals surface area (Å²) in [7, 11) is 0. The molecule has 5 N–H and O–H groups in total. The van der Waals surface area contributed by atoms with E-state index >= 15 is 0 Å². The molecule has 0 atom stereocenters. The Morgan fingerprint density at radius 1 is 1.54 bits per heavy atom. The van der Waals surface area contributed by atoms with Gasteiger partial charge in [0.15, 0.2) is 5.96 Å². The Kier molecular flexibility index (Phi) is 4.83. The van der Waals surface area contributed by atoms with Gasteiger partial charge in [-0.25, -0.2) is 5.06 Å². The molecule has 0 bridgehead atoms. The molecule has 0 aromatic carbocycles. The van der Waals surface area contributed by atoms with Gasteiger partial charge in [0.05, 0.1) is 13.1 Å². The van der Waals surface area contributed by atoms with Gasteiger partial charge in [0, 0.05) is 5.92 Å². The molecular formula is C7H16N4O2. The Hall–Kier alpha value is -1.30. The number of carbonyl (C=O) groups is 1. The Bertz CT molecular complexity index is 199. The third kappa shape index (κ3) is 5.02. The van der Waals surface area contributed by atoms with Crippen molar-refractivity contribution in [3.8, 4) is 0 Å². The Labute approximate surface area is 77.2 Å². The van der Waals surface area contributed by atoms with Crippen LogP contribution < -0.4 is 11.5 Å². The van der Waals surface area contributed by atoms with Crippen LogP contribution in [-0.4, -0.2) is 35.2 Å². The molecule has 0 saturated heterocycles. The first-order valence-corrected chi connectivity index (χ1v) is 4.00. The van der Waals surface area contributed by atoms with Crippen LogP contribution >= 0.6 is 0 Å². The summed E-state index contributed by atoms with van der Waals surface area (Å²) in [6.07, 6.45) is 0. The van der Waals surface area contributed by atoms with Gasteiger partial charge in [-0.1, -0.05) is 13.8 Å². The Balaban J connectivity index is 3.81. The highest BCUT2D eigenvalue weighted by Gasteiger charge is 2.13. The SMILES string of the molecule is CC(C)C(=O)N(O)CCN=C(N)N. The lowest BCUT2D eigenvalue weighted by atomic mass is 10.2. The van der Waals surface area contributed by atoms with Crippen LogP contribution in [0.3, 0.4) is 0 Å². The van der Waals surface area contributed by atoms with E-state index in [2.05, 4.69) is 4.99 Å². The lowest BCUT2D eigenvalue weighted by Gasteiger charge is -2.15. The molecule has 0 aromatic heterocycles. The van der Waals surface area contributed by atoms with Gasteiger partial charge in [0.2, 0.25) is 5.91 Å². The predicted molar refractivity (Wildman–Crippen MR) is 49.0 cm³/mol. The maximum absolute atomic E-state index is 11.1. The summed E-state index contributed by atoms with van der Waals surface area (Å²) in [6.45, 7) is 3.71. The van der Waals surface area contributed by atoms with Crippen molar-refractivity contribution in [2.24, 2.45) is 22.4 Å². The third-order valence-electron chi connectivity index (χ3n) is 1.35. The fourth-order valence-corrected chi connectivity index (χ4v) is 0.682. The van der Waals surface area contributed by atoms with Crippen LogP contribution in [0.2, 0.25) is 0 Å². The number of nitrogens with zero attached hydrogens (tertiary/aromatic N) is 2. The van der Waals surface area contributed by atoms with Crippen LogP contribution in [-0.2, 0) is 4.79 Å². The Morgan fingerprint density at radius 3 is 2.46 bits per heavy atom. The molecule has 6 nitrogen and oxygen atoms in total. The predicted octanol–water partition coefficient (Wildman–Crippen LogP) is -0.866. The zero-order valence-electron chi connectivity index (χ0n) is 7.90. The molecule has 0 aliphatic heterocycles. The average molecular weight is 188 g/mol. The van der Waals surface area contributed by atoms with Crippen molar-refractivity contribution >= 4 is 11.9 Å². The molecular weight excluding hydrogens is 172 g/mol. The quantitative estimate of drug-likeness (QED) is 0.231. The number of hydroxylamine groups is 2. The first kappa shape index (κ1) is 11.7. The van der Waals surface area contributed by atoms with Crippen LogP contribution in [0.25, 0.3) is 0 Å². The van der Waals surface area contributed by atoms with Crippen LogP contribution in [0.4, 0.5) is 0 Å². The van der Waals surface area contributed by atoms with E-state index in [1.165, 1.54) is 0 Å². The van der Waals surface area contributed by atoms with Crippen LogP contribution in [0, 0.1) is 5.92 Å². The topological polar surface area (TPSA) is 105 Å². The molecule has 6 heteroatoms. The fraction of sp³-hybridized carbons (Fsp3) is 0.714. The zero-order valence-corrected chi connectivity index (χ0v) is 7.90. The van der Waals surface area contributed by atoms with E-state index in [0.29, 0.717) is 5.06 Å². The average Bonchev–Trinajstić information content (AvgIpc) is 2.02. The van der Waals surface area contributed by atoms with Crippen molar-refractivity contribution in [2.45, 2.75) is 13.8 Å². The van der Waals surface area contributed by atoms with Crippen LogP contribution in [0.1, 0.15) is 13.8 Å². The maximum atomic E-state index is 11.1. The smallest absolute Gasteiger partial charge is 0.248 e. The van der Waals surface area contributed by atoms with Gasteiger partial charge >= 0.3 is 0 Å². The lowest BCUT2D eigenvalue weighted by molar-refractivity contribution is -0.168. The number of amides is 1. The number of nitrogens with two attached hydrogens (primary N) is 2. The van der Waals surface area contributed by atoms with Crippen LogP contribution in [0.5, 0.6) is 0 Å². The van der Waals surface area contributed by atoms with Gasteiger partial charge in [-0.05, 0) is 0 Å². The van der Waals surface area contributed by atoms with Crippen molar-refractivity contribution in [3.05, 3.63) is 0 Å². The molecule has 13 heavy (non-hydrogen) atoms. The van der Waals surface area contributed by atoms with E-state index in [1.807, 2.05) is 0 Å². The summed E-state index contributed by atoms with van der Waals surface area (Å²) < 4.78 is 0. The second-order valence-electron chi connectivity index (χ2n) is 2.92. The van der Waals surface area contributed by atoms with Gasteiger partial charge in [0.1, 0.15) is 0 Å². The molecule has 0 heterocycles. The summed E-state index contributed by atoms with van der Waals surface area (Å²) >= 11 is 0. The van der Waals surface area contributed by atoms with Gasteiger partial charge in [-0.2, -0.15) is 0 Å². The summed E-state index contributed by atoms with van der Waals surface area (Å²) in [5, 5.41) is 9.76. The van der Waals surface area contributed by atoms with E-state index in [0.717, 1.165) is 0 Å². The van der Waals surface area contributed by atoms with Gasteiger partial charge in [0.25, 0.3) is 0 Å². The molecule has 0 aromatic rings. The summed E-state index contributed by atoms with van der Waals surface area (Å²) in [5.74, 6) is -0.625. The number of rotatable bonds is 4. The normalized spacial score (nSPS) is 9.85. The first-order chi connectivity index (χ1) is 5.95. The summed E-state index contributed by atoms with van der Waals surface area (Å²) in [5.41, 5.74) is 10.1. The highest BCUT2D eigenvalue weighted by Crippen LogP contribution is 1.97. The van der Waals surface area contributed by atoms with Crippen molar-refractivity contribution < 1.29 is 10.0 Å². The number of aliphatic imine (C=N–C) groups is 1. The van der Waals surface area contributed by atoms with Crippen molar-refractivity contribution in [1.29, 1.82) is 0 Å². The van der Waals surface area contributed by atoms with Gasteiger partial charge in [-0.3, -0.25) is 15.0 Å². The fourth-order valence-electron chi connectivity index (χ4n) is 0.682. The minimum atomic E-state index is -0.342. The zero-order chi connectivity index (χ0) is 10.4. The minimum absolute atomic E-state index is 0.0506. The van der Waals surface area contributed by atoms with E-state index in [9.17, 15) is 4.79 Å². The van der Waals surface area contributed by atoms with Gasteiger partial charge in [-0.15, -0.1) is 0 Å². The number of hydrogen-bond acceptors (Lipinski definition) is 3. The Morgan fingerprint density at radius 2 is 2.08 bits per heavy atom. The number of hydrogen-bond donors (Lipinski definition) is 3. The highest BCUT2D eigenvalue weighted by molar-refractivity contribution is 5.77. The van der Waals surface area contributed by atoms with E-state index < -0.39 is 0 Å². The molecule has 0 fully saturated rings. The second kappa shape index (κ2) is 5.36. The molecule has 0 aliphatic carbocycles. The third-order valence-corrected chi connectivity index (χ3v) is 1.35. The summed E-state index contributed by atoms with van der Waals surface area (Å²) in [4.78, 5) is 14.7. The molecule has 0 aliphatic rings. The largest absolute Gasteiger partial charge is 0.370 e. The van der Waals surface area contributed by atoms with Crippen LogP contribution in [0.15, 0.2) is 4.99 Å². The molecule has 0 rings (SSSR count). The summed E-state index contributed by atoms with van der Waals surface area (Å²) in [6, 6.07) is 0. The lowest BCUT2D eigenvalue weighted by Crippen LogP contribution is -2.34. The molecule has 0 saturated carbocycles. The number of guanidine groups is 1. The maximum Gasteiger partial charge on any atom is 0.248 e. The van der Waals surface area contributed by atoms with Gasteiger partial charge < -0.3 is 11.5 Å².